The van der Waals surface area contributed by atoms with Gasteiger partial charge in [-0.3, -0.25) is 5.10 Å². The molecule has 3 rings (SSSR count). The minimum absolute atomic E-state index is 0.429. The van der Waals surface area contributed by atoms with Crippen LogP contribution in [0.1, 0.15) is 0 Å². The molecule has 0 spiro atoms. The predicted octanol–water partition coefficient (Wildman–Crippen LogP) is 2.27. The van der Waals surface area contributed by atoms with E-state index in [0.717, 1.165) is 10.9 Å². The van der Waals surface area contributed by atoms with E-state index in [1.165, 1.54) is 6.26 Å². The molecule has 0 aliphatic heterocycles. The van der Waals surface area contributed by atoms with Crippen molar-refractivity contribution in [3.63, 3.8) is 0 Å². The first-order valence-corrected chi connectivity index (χ1v) is 4.63. The zero-order valence-electron chi connectivity index (χ0n) is 7.44. The quantitative estimate of drug-likeness (QED) is 0.639. The van der Waals surface area contributed by atoms with Crippen LogP contribution in [-0.4, -0.2) is 20.3 Å². The maximum Gasteiger partial charge on any atom is 0.134 e. The van der Waals surface area contributed by atoms with E-state index in [0.29, 0.717) is 16.5 Å². The molecule has 1 N–H and O–H groups in total. The number of pyridine rings is 1. The molecule has 3 heterocycles. The molecule has 0 fully saturated rings. The number of hydrogen-bond acceptors (Lipinski definition) is 4. The third-order valence-electron chi connectivity index (χ3n) is 2.09. The number of aromatic nitrogens is 4. The molecule has 0 aliphatic carbocycles. The molecular formula is C9H5ClN4O. The molecule has 0 unspecified atom stereocenters. The number of fused-ring (bicyclic) bond motifs is 1. The molecule has 0 bridgehead atoms. The van der Waals surface area contributed by atoms with Crippen LogP contribution in [0, 0.1) is 0 Å². The van der Waals surface area contributed by atoms with Crippen LogP contribution in [-0.2, 0) is 0 Å². The van der Waals surface area contributed by atoms with E-state index in [1.807, 2.05) is 0 Å². The number of nitrogens with zero attached hydrogens (tertiary/aromatic N) is 3. The van der Waals surface area contributed by atoms with E-state index in [-0.39, 0.29) is 0 Å². The molecule has 0 saturated carbocycles. The Morgan fingerprint density at radius 3 is 3.13 bits per heavy atom. The monoisotopic (exact) mass is 220 g/mol. The van der Waals surface area contributed by atoms with E-state index < -0.39 is 0 Å². The Morgan fingerprint density at radius 2 is 2.33 bits per heavy atom. The number of halogens is 1. The van der Waals surface area contributed by atoms with Crippen molar-refractivity contribution in [2.75, 3.05) is 0 Å². The summed E-state index contributed by atoms with van der Waals surface area (Å²) >= 11 is 5.76. The summed E-state index contributed by atoms with van der Waals surface area (Å²) in [6.45, 7) is 0. The van der Waals surface area contributed by atoms with Crippen LogP contribution < -0.4 is 0 Å². The highest BCUT2D eigenvalue weighted by Gasteiger charge is 2.10. The van der Waals surface area contributed by atoms with Crippen molar-refractivity contribution < 1.29 is 4.52 Å². The lowest BCUT2D eigenvalue weighted by molar-refractivity contribution is 0.422. The van der Waals surface area contributed by atoms with Gasteiger partial charge in [0.05, 0.1) is 5.52 Å². The van der Waals surface area contributed by atoms with Gasteiger partial charge in [-0.1, -0.05) is 16.8 Å². The lowest BCUT2D eigenvalue weighted by atomic mass is 10.2. The van der Waals surface area contributed by atoms with Crippen molar-refractivity contribution in [1.29, 1.82) is 0 Å². The summed E-state index contributed by atoms with van der Waals surface area (Å²) in [7, 11) is 0. The maximum absolute atomic E-state index is 5.76. The third kappa shape index (κ3) is 1.28. The summed E-state index contributed by atoms with van der Waals surface area (Å²) < 4.78 is 4.76. The molecule has 0 aromatic carbocycles. The van der Waals surface area contributed by atoms with Gasteiger partial charge < -0.3 is 4.52 Å². The van der Waals surface area contributed by atoms with E-state index in [1.54, 1.807) is 18.3 Å². The van der Waals surface area contributed by atoms with Gasteiger partial charge in [-0.05, 0) is 0 Å². The first-order chi connectivity index (χ1) is 7.34. The van der Waals surface area contributed by atoms with Crippen LogP contribution in [0.2, 0.25) is 5.15 Å². The molecule has 6 heteroatoms. The Morgan fingerprint density at radius 1 is 1.40 bits per heavy atom. The minimum Gasteiger partial charge on any atom is -0.364 e. The van der Waals surface area contributed by atoms with Gasteiger partial charge in [-0.2, -0.15) is 5.10 Å². The van der Waals surface area contributed by atoms with Gasteiger partial charge in [0.1, 0.15) is 22.8 Å². The van der Waals surface area contributed by atoms with Crippen LogP contribution in [0.4, 0.5) is 0 Å². The van der Waals surface area contributed by atoms with Crippen LogP contribution in [0.15, 0.2) is 29.1 Å². The van der Waals surface area contributed by atoms with Crippen molar-refractivity contribution in [3.8, 4) is 11.4 Å². The summed E-state index contributed by atoms with van der Waals surface area (Å²) in [5.41, 5.74) is 2.21. The average molecular weight is 221 g/mol. The highest BCUT2D eigenvalue weighted by Crippen LogP contribution is 2.25. The molecule has 3 aromatic rings. The molecule has 15 heavy (non-hydrogen) atoms. The predicted molar refractivity (Wildman–Crippen MR) is 54.4 cm³/mol. The van der Waals surface area contributed by atoms with E-state index >= 15 is 0 Å². The molecule has 0 saturated heterocycles. The van der Waals surface area contributed by atoms with Crippen LogP contribution in [0.3, 0.4) is 0 Å². The van der Waals surface area contributed by atoms with Gasteiger partial charge in [0.2, 0.25) is 0 Å². The summed E-state index contributed by atoms with van der Waals surface area (Å²) in [5, 5.41) is 12.1. The zero-order valence-corrected chi connectivity index (χ0v) is 8.19. The molecular weight excluding hydrogens is 216 g/mol. The molecule has 0 amide bonds. The second-order valence-electron chi connectivity index (χ2n) is 3.01. The smallest absolute Gasteiger partial charge is 0.134 e. The minimum atomic E-state index is 0.429. The normalized spacial score (nSPS) is 11.0. The summed E-state index contributed by atoms with van der Waals surface area (Å²) in [4.78, 5) is 4.00. The Labute approximate surface area is 89.1 Å². The number of nitrogens with one attached hydrogen (secondary N) is 1. The SMILES string of the molecule is Clc1cc2[nH]nc(-c3ccon3)c2cn1. The molecule has 5 nitrogen and oxygen atoms in total. The van der Waals surface area contributed by atoms with Gasteiger partial charge in [0.25, 0.3) is 0 Å². The fourth-order valence-electron chi connectivity index (χ4n) is 1.42. The summed E-state index contributed by atoms with van der Waals surface area (Å²) in [6.07, 6.45) is 3.16. The Kier molecular flexibility index (Phi) is 1.72. The van der Waals surface area contributed by atoms with Crippen molar-refractivity contribution in [1.82, 2.24) is 20.3 Å². The first-order valence-electron chi connectivity index (χ1n) is 4.25. The van der Waals surface area contributed by atoms with Crippen molar-refractivity contribution >= 4 is 22.5 Å². The van der Waals surface area contributed by atoms with E-state index in [9.17, 15) is 0 Å². The first kappa shape index (κ1) is 8.43. The lowest BCUT2D eigenvalue weighted by Crippen LogP contribution is -1.78. The number of rotatable bonds is 1. The van der Waals surface area contributed by atoms with Gasteiger partial charge in [-0.25, -0.2) is 4.98 Å². The topological polar surface area (TPSA) is 67.6 Å². The Hall–Kier alpha value is -1.88. The van der Waals surface area contributed by atoms with Crippen LogP contribution >= 0.6 is 11.6 Å². The number of hydrogen-bond donors (Lipinski definition) is 1. The van der Waals surface area contributed by atoms with E-state index in [4.69, 9.17) is 16.1 Å². The standard InChI is InChI=1S/C9H5ClN4O/c10-8-3-7-5(4-11-8)9(13-12-7)6-1-2-15-14-6/h1-4H,(H,12,13). The molecule has 0 radical (unpaired) electrons. The summed E-state index contributed by atoms with van der Waals surface area (Å²) in [6, 6.07) is 3.46. The van der Waals surface area contributed by atoms with Crippen LogP contribution in [0.25, 0.3) is 22.3 Å². The maximum atomic E-state index is 5.76. The molecule has 3 aromatic heterocycles. The number of H-pyrrole nitrogens is 1. The Bertz CT molecular complexity index is 602. The fraction of sp³-hybridized carbons (Fsp3) is 0. The van der Waals surface area contributed by atoms with Gasteiger partial charge in [0.15, 0.2) is 0 Å². The number of aromatic amines is 1. The largest absolute Gasteiger partial charge is 0.364 e. The van der Waals surface area contributed by atoms with Crippen molar-refractivity contribution in [3.05, 3.63) is 29.7 Å². The van der Waals surface area contributed by atoms with Gasteiger partial charge in [-0.15, -0.1) is 0 Å². The second-order valence-corrected chi connectivity index (χ2v) is 3.40. The van der Waals surface area contributed by atoms with Crippen molar-refractivity contribution in [2.45, 2.75) is 0 Å². The van der Waals surface area contributed by atoms with Gasteiger partial charge >= 0.3 is 0 Å². The Balaban J connectivity index is 2.29. The second kappa shape index (κ2) is 3.06. The average Bonchev–Trinajstić information content (AvgIpc) is 2.82. The van der Waals surface area contributed by atoms with Crippen LogP contribution in [0.5, 0.6) is 0 Å². The summed E-state index contributed by atoms with van der Waals surface area (Å²) in [5.74, 6) is 0. The molecule has 0 aliphatic rings. The highest BCUT2D eigenvalue weighted by atomic mass is 35.5. The third-order valence-corrected chi connectivity index (χ3v) is 2.30. The fourth-order valence-corrected chi connectivity index (χ4v) is 1.58. The van der Waals surface area contributed by atoms with Crippen molar-refractivity contribution in [2.24, 2.45) is 0 Å². The highest BCUT2D eigenvalue weighted by molar-refractivity contribution is 6.30. The van der Waals surface area contributed by atoms with E-state index in [2.05, 4.69) is 20.3 Å². The lowest BCUT2D eigenvalue weighted by Gasteiger charge is -1.91. The molecule has 0 atom stereocenters. The molecule has 74 valence electrons. The van der Waals surface area contributed by atoms with Gasteiger partial charge in [0, 0.05) is 23.7 Å². The zero-order chi connectivity index (χ0) is 10.3.